The van der Waals surface area contributed by atoms with E-state index in [4.69, 9.17) is 5.26 Å². The van der Waals surface area contributed by atoms with Crippen LogP contribution in [0.15, 0.2) is 23.1 Å². The highest BCUT2D eigenvalue weighted by Crippen LogP contribution is 2.08. The van der Waals surface area contributed by atoms with Gasteiger partial charge in [0.1, 0.15) is 0 Å². The van der Waals surface area contributed by atoms with Crippen LogP contribution in [0.2, 0.25) is 0 Å². The molecule has 1 saturated heterocycles. The van der Waals surface area contributed by atoms with E-state index in [9.17, 15) is 4.79 Å². The summed E-state index contributed by atoms with van der Waals surface area (Å²) in [7, 11) is 0. The summed E-state index contributed by atoms with van der Waals surface area (Å²) in [5.74, 6) is 0. The summed E-state index contributed by atoms with van der Waals surface area (Å²) in [6, 6.07) is 5.24. The van der Waals surface area contributed by atoms with E-state index in [1.807, 2.05) is 6.07 Å². The molecule has 2 rings (SSSR count). The first-order chi connectivity index (χ1) is 6.31. The summed E-state index contributed by atoms with van der Waals surface area (Å²) in [4.78, 5) is 11.4. The van der Waals surface area contributed by atoms with Crippen molar-refractivity contribution in [3.8, 4) is 6.07 Å². The first kappa shape index (κ1) is 8.02. The van der Waals surface area contributed by atoms with Crippen molar-refractivity contribution in [1.29, 1.82) is 5.26 Å². The highest BCUT2D eigenvalue weighted by molar-refractivity contribution is 5.25. The zero-order valence-corrected chi connectivity index (χ0v) is 7.03. The molecule has 0 spiro atoms. The third kappa shape index (κ3) is 1.34. The molecular weight excluding hydrogens is 166 g/mol. The molecule has 1 aromatic heterocycles. The zero-order chi connectivity index (χ0) is 9.26. The van der Waals surface area contributed by atoms with E-state index in [1.54, 1.807) is 16.8 Å². The minimum absolute atomic E-state index is 0.0921. The van der Waals surface area contributed by atoms with Crippen LogP contribution in [-0.2, 0) is 0 Å². The lowest BCUT2D eigenvalue weighted by Crippen LogP contribution is -2.46. The van der Waals surface area contributed by atoms with Gasteiger partial charge < -0.3 is 9.88 Å². The molecule has 1 aromatic rings. The number of aromatic nitrogens is 1. The molecule has 4 heteroatoms. The molecule has 1 aliphatic rings. The van der Waals surface area contributed by atoms with E-state index >= 15 is 0 Å². The Morgan fingerprint density at radius 1 is 1.62 bits per heavy atom. The first-order valence-electron chi connectivity index (χ1n) is 4.14. The molecule has 13 heavy (non-hydrogen) atoms. The highest BCUT2D eigenvalue weighted by Gasteiger charge is 2.18. The Kier molecular flexibility index (Phi) is 1.87. The molecule has 1 fully saturated rings. The number of pyridine rings is 1. The fourth-order valence-electron chi connectivity index (χ4n) is 1.33. The summed E-state index contributed by atoms with van der Waals surface area (Å²) in [5, 5.41) is 11.6. The normalized spacial score (nSPS) is 16.2. The van der Waals surface area contributed by atoms with Crippen LogP contribution in [0.1, 0.15) is 11.6 Å². The van der Waals surface area contributed by atoms with Gasteiger partial charge in [0.25, 0.3) is 5.56 Å². The summed E-state index contributed by atoms with van der Waals surface area (Å²) in [5.41, 5.74) is 0.332. The standard InChI is InChI=1S/C9H9N3O/c10-4-7-1-2-12(9(13)3-7)8-5-11-6-8/h1-3,8,11H,5-6H2. The number of nitriles is 1. The Morgan fingerprint density at radius 3 is 2.85 bits per heavy atom. The second-order valence-electron chi connectivity index (χ2n) is 3.08. The summed E-state index contributed by atoms with van der Waals surface area (Å²) in [6.45, 7) is 1.68. The largest absolute Gasteiger partial charge is 0.313 e. The lowest BCUT2D eigenvalue weighted by Gasteiger charge is -2.28. The molecule has 0 amide bonds. The number of nitrogens with one attached hydrogen (secondary N) is 1. The minimum atomic E-state index is -0.0921. The maximum Gasteiger partial charge on any atom is 0.252 e. The smallest absolute Gasteiger partial charge is 0.252 e. The van der Waals surface area contributed by atoms with Crippen LogP contribution >= 0.6 is 0 Å². The highest BCUT2D eigenvalue weighted by atomic mass is 16.1. The third-order valence-corrected chi connectivity index (χ3v) is 2.23. The van der Waals surface area contributed by atoms with Gasteiger partial charge >= 0.3 is 0 Å². The fourth-order valence-corrected chi connectivity index (χ4v) is 1.33. The maximum absolute atomic E-state index is 11.4. The Labute approximate surface area is 75.4 Å². The number of rotatable bonds is 1. The van der Waals surface area contributed by atoms with E-state index in [0.29, 0.717) is 5.56 Å². The Bertz CT molecular complexity index is 412. The lowest BCUT2D eigenvalue weighted by atomic mass is 10.1. The lowest BCUT2D eigenvalue weighted by molar-refractivity contribution is 0.336. The quantitative estimate of drug-likeness (QED) is 0.646. The van der Waals surface area contributed by atoms with Crippen LogP contribution in [0, 0.1) is 11.3 Å². The van der Waals surface area contributed by atoms with Gasteiger partial charge in [-0.05, 0) is 6.07 Å². The molecule has 1 N–H and O–H groups in total. The first-order valence-corrected chi connectivity index (χ1v) is 4.14. The van der Waals surface area contributed by atoms with Gasteiger partial charge in [0.2, 0.25) is 0 Å². The van der Waals surface area contributed by atoms with Crippen molar-refractivity contribution < 1.29 is 0 Å². The summed E-state index contributed by atoms with van der Waals surface area (Å²) < 4.78 is 1.66. The van der Waals surface area contributed by atoms with Gasteiger partial charge in [-0.25, -0.2) is 0 Å². The molecule has 1 aliphatic heterocycles. The predicted molar refractivity (Wildman–Crippen MR) is 47.3 cm³/mol. The van der Waals surface area contributed by atoms with Crippen LogP contribution in [0.3, 0.4) is 0 Å². The van der Waals surface area contributed by atoms with Gasteiger partial charge in [-0.15, -0.1) is 0 Å². The van der Waals surface area contributed by atoms with Crippen LogP contribution in [-0.4, -0.2) is 17.7 Å². The minimum Gasteiger partial charge on any atom is -0.313 e. The molecule has 0 atom stereocenters. The monoisotopic (exact) mass is 175 g/mol. The van der Waals surface area contributed by atoms with E-state index in [1.165, 1.54) is 6.07 Å². The van der Waals surface area contributed by atoms with Crippen molar-refractivity contribution >= 4 is 0 Å². The predicted octanol–water partition coefficient (Wildman–Crippen LogP) is -0.136. The van der Waals surface area contributed by atoms with Gasteiger partial charge in [-0.1, -0.05) is 0 Å². The van der Waals surface area contributed by atoms with Crippen molar-refractivity contribution in [1.82, 2.24) is 9.88 Å². The second kappa shape index (κ2) is 3.04. The fraction of sp³-hybridized carbons (Fsp3) is 0.333. The molecule has 66 valence electrons. The molecule has 4 nitrogen and oxygen atoms in total. The van der Waals surface area contributed by atoms with Gasteiger partial charge in [0.15, 0.2) is 0 Å². The van der Waals surface area contributed by atoms with Crippen molar-refractivity contribution in [2.24, 2.45) is 0 Å². The van der Waals surface area contributed by atoms with E-state index in [2.05, 4.69) is 5.32 Å². The van der Waals surface area contributed by atoms with Crippen molar-refractivity contribution in [3.05, 3.63) is 34.2 Å². The molecule has 0 aliphatic carbocycles. The number of hydrogen-bond donors (Lipinski definition) is 1. The third-order valence-electron chi connectivity index (χ3n) is 2.23. The molecule has 0 unspecified atom stereocenters. The Hall–Kier alpha value is -1.60. The zero-order valence-electron chi connectivity index (χ0n) is 7.03. The average molecular weight is 175 g/mol. The van der Waals surface area contributed by atoms with Crippen LogP contribution < -0.4 is 10.9 Å². The van der Waals surface area contributed by atoms with E-state index in [-0.39, 0.29) is 11.6 Å². The van der Waals surface area contributed by atoms with Gasteiger partial charge in [-0.2, -0.15) is 5.26 Å². The maximum atomic E-state index is 11.4. The van der Waals surface area contributed by atoms with Crippen molar-refractivity contribution in [3.63, 3.8) is 0 Å². The molecule has 2 heterocycles. The van der Waals surface area contributed by atoms with Crippen molar-refractivity contribution in [2.75, 3.05) is 13.1 Å². The van der Waals surface area contributed by atoms with Gasteiger partial charge in [0, 0.05) is 25.4 Å². The summed E-state index contributed by atoms with van der Waals surface area (Å²) >= 11 is 0. The molecular formula is C9H9N3O. The Morgan fingerprint density at radius 2 is 2.38 bits per heavy atom. The summed E-state index contributed by atoms with van der Waals surface area (Å²) in [6.07, 6.45) is 1.69. The van der Waals surface area contributed by atoms with Gasteiger partial charge in [0.05, 0.1) is 17.7 Å². The molecule has 0 saturated carbocycles. The van der Waals surface area contributed by atoms with Gasteiger partial charge in [-0.3, -0.25) is 4.79 Å². The second-order valence-corrected chi connectivity index (χ2v) is 3.08. The molecule has 0 aromatic carbocycles. The number of hydrogen-bond acceptors (Lipinski definition) is 3. The van der Waals surface area contributed by atoms with Crippen LogP contribution in [0.25, 0.3) is 0 Å². The van der Waals surface area contributed by atoms with E-state index < -0.39 is 0 Å². The average Bonchev–Trinajstić information content (AvgIpc) is 2.05. The number of nitrogens with zero attached hydrogens (tertiary/aromatic N) is 2. The molecule has 0 radical (unpaired) electrons. The van der Waals surface area contributed by atoms with E-state index in [0.717, 1.165) is 13.1 Å². The SMILES string of the molecule is N#Cc1ccn(C2CNC2)c(=O)c1. The Balaban J connectivity index is 2.38. The molecule has 0 bridgehead atoms. The topological polar surface area (TPSA) is 57.8 Å². The van der Waals surface area contributed by atoms with Crippen LogP contribution in [0.5, 0.6) is 0 Å². The van der Waals surface area contributed by atoms with Crippen molar-refractivity contribution in [2.45, 2.75) is 6.04 Å². The van der Waals surface area contributed by atoms with Crippen LogP contribution in [0.4, 0.5) is 0 Å².